The van der Waals surface area contributed by atoms with Gasteiger partial charge < -0.3 is 10.4 Å². The average molecular weight is 320 g/mol. The lowest BCUT2D eigenvalue weighted by atomic mass is 10.2. The molecule has 3 unspecified atom stereocenters. The molecular formula is C13H24N2O3S2. The second-order valence-electron chi connectivity index (χ2n) is 4.90. The Balaban J connectivity index is 2.57. The Morgan fingerprint density at radius 2 is 2.25 bits per heavy atom. The Bertz CT molecular complexity index is 342. The van der Waals surface area contributed by atoms with Crippen molar-refractivity contribution < 1.29 is 14.7 Å². The Hall–Kier alpha value is -0.560. The summed E-state index contributed by atoms with van der Waals surface area (Å²) >= 11 is 3.32. The number of rotatable bonds is 7. The van der Waals surface area contributed by atoms with E-state index in [9.17, 15) is 14.7 Å². The van der Waals surface area contributed by atoms with E-state index in [0.717, 1.165) is 19.3 Å². The predicted octanol–water partition coefficient (Wildman–Crippen LogP) is 2.47. The highest BCUT2D eigenvalue weighted by Gasteiger charge is 2.41. The third-order valence-electron chi connectivity index (χ3n) is 3.38. The highest BCUT2D eigenvalue weighted by molar-refractivity contribution is 8.00. The van der Waals surface area contributed by atoms with E-state index in [1.165, 1.54) is 4.90 Å². The van der Waals surface area contributed by atoms with Crippen LogP contribution in [0, 0.1) is 0 Å². The molecule has 7 heteroatoms. The number of aliphatic carboxylic acids is 1. The topological polar surface area (TPSA) is 69.6 Å². The number of amides is 2. The van der Waals surface area contributed by atoms with E-state index >= 15 is 0 Å². The Morgan fingerprint density at radius 1 is 1.55 bits per heavy atom. The molecule has 0 aromatic carbocycles. The van der Waals surface area contributed by atoms with Crippen LogP contribution < -0.4 is 5.32 Å². The summed E-state index contributed by atoms with van der Waals surface area (Å²) in [5.41, 5.74) is 0. The summed E-state index contributed by atoms with van der Waals surface area (Å²) in [5.74, 6) is -0.432. The second-order valence-corrected chi connectivity index (χ2v) is 7.39. The lowest BCUT2D eigenvalue weighted by Gasteiger charge is -2.27. The minimum absolute atomic E-state index is 0.0147. The summed E-state index contributed by atoms with van der Waals surface area (Å²) in [6.07, 6.45) is 4.71. The van der Waals surface area contributed by atoms with Gasteiger partial charge in [-0.25, -0.2) is 9.59 Å². The van der Waals surface area contributed by atoms with E-state index in [-0.39, 0.29) is 11.4 Å². The monoisotopic (exact) mass is 320 g/mol. The predicted molar refractivity (Wildman–Crippen MR) is 85.4 cm³/mol. The van der Waals surface area contributed by atoms with Crippen molar-refractivity contribution in [1.82, 2.24) is 10.2 Å². The molecule has 0 saturated carbocycles. The van der Waals surface area contributed by atoms with Gasteiger partial charge in [0.25, 0.3) is 0 Å². The summed E-state index contributed by atoms with van der Waals surface area (Å²) in [6, 6.07) is -0.941. The quantitative estimate of drug-likeness (QED) is 0.754. The van der Waals surface area contributed by atoms with Crippen LogP contribution in [0.25, 0.3) is 0 Å². The fourth-order valence-electron chi connectivity index (χ4n) is 2.09. The molecule has 1 rings (SSSR count). The lowest BCUT2D eigenvalue weighted by Crippen LogP contribution is -2.50. The number of carbonyl (C=O) groups excluding carboxylic acids is 1. The maximum absolute atomic E-state index is 12.2. The zero-order valence-corrected chi connectivity index (χ0v) is 13.9. The molecule has 0 bridgehead atoms. The second kappa shape index (κ2) is 8.67. The number of carbonyl (C=O) groups is 2. The molecule has 0 aliphatic carbocycles. The van der Waals surface area contributed by atoms with E-state index < -0.39 is 12.0 Å². The van der Waals surface area contributed by atoms with Crippen LogP contribution in [-0.4, -0.2) is 57.2 Å². The van der Waals surface area contributed by atoms with Crippen LogP contribution in [0.2, 0.25) is 0 Å². The van der Waals surface area contributed by atoms with Crippen molar-refractivity contribution in [3.05, 3.63) is 0 Å². The zero-order chi connectivity index (χ0) is 15.1. The molecule has 2 amide bonds. The molecular weight excluding hydrogens is 296 g/mol. The SMILES string of the molecule is CCCC1SCC(C(=O)O)N1C(=O)NCCC(C)SC. The maximum Gasteiger partial charge on any atom is 0.327 e. The first-order chi connectivity index (χ1) is 9.51. The number of hydrogen-bond acceptors (Lipinski definition) is 4. The highest BCUT2D eigenvalue weighted by Crippen LogP contribution is 2.32. The van der Waals surface area contributed by atoms with Gasteiger partial charge in [-0.2, -0.15) is 11.8 Å². The van der Waals surface area contributed by atoms with Crippen molar-refractivity contribution in [2.45, 2.75) is 49.8 Å². The maximum atomic E-state index is 12.2. The van der Waals surface area contributed by atoms with Gasteiger partial charge in [0, 0.05) is 17.5 Å². The van der Waals surface area contributed by atoms with E-state index in [1.54, 1.807) is 23.5 Å². The highest BCUT2D eigenvalue weighted by atomic mass is 32.2. The number of hydrogen-bond donors (Lipinski definition) is 2. The number of nitrogens with one attached hydrogen (secondary N) is 1. The Morgan fingerprint density at radius 3 is 2.80 bits per heavy atom. The van der Waals surface area contributed by atoms with Gasteiger partial charge in [-0.05, 0) is 19.1 Å². The van der Waals surface area contributed by atoms with E-state index in [4.69, 9.17) is 0 Å². The minimum Gasteiger partial charge on any atom is -0.480 e. The lowest BCUT2D eigenvalue weighted by molar-refractivity contribution is -0.141. The molecule has 1 aliphatic heterocycles. The standard InChI is InChI=1S/C13H24N2O3S2/c1-4-5-11-15(10(8-20-11)12(16)17)13(18)14-7-6-9(2)19-3/h9-11H,4-8H2,1-3H3,(H,14,18)(H,16,17). The molecule has 0 aromatic rings. The summed E-state index contributed by atoms with van der Waals surface area (Å²) < 4.78 is 0. The van der Waals surface area contributed by atoms with Crippen molar-refractivity contribution in [1.29, 1.82) is 0 Å². The molecule has 1 heterocycles. The fourth-order valence-corrected chi connectivity index (χ4v) is 3.95. The summed E-state index contributed by atoms with van der Waals surface area (Å²) in [5, 5.41) is 12.6. The number of thioether (sulfide) groups is 2. The molecule has 1 fully saturated rings. The Kier molecular flexibility index (Phi) is 7.58. The molecule has 3 atom stereocenters. The number of nitrogens with zero attached hydrogens (tertiary/aromatic N) is 1. The summed E-state index contributed by atoms with van der Waals surface area (Å²) in [6.45, 7) is 4.75. The first-order valence-electron chi connectivity index (χ1n) is 6.94. The molecule has 116 valence electrons. The van der Waals surface area contributed by atoms with Gasteiger partial charge in [0.2, 0.25) is 0 Å². The molecule has 1 saturated heterocycles. The average Bonchev–Trinajstić information content (AvgIpc) is 2.82. The third kappa shape index (κ3) is 4.77. The first-order valence-corrected chi connectivity index (χ1v) is 9.28. The third-order valence-corrected chi connectivity index (χ3v) is 5.77. The Labute approximate surface area is 129 Å². The smallest absolute Gasteiger partial charge is 0.327 e. The van der Waals surface area contributed by atoms with E-state index in [2.05, 4.69) is 12.2 Å². The van der Waals surface area contributed by atoms with Crippen LogP contribution in [0.5, 0.6) is 0 Å². The zero-order valence-electron chi connectivity index (χ0n) is 12.3. The molecule has 0 radical (unpaired) electrons. The van der Waals surface area contributed by atoms with Crippen molar-refractivity contribution in [3.8, 4) is 0 Å². The van der Waals surface area contributed by atoms with Crippen molar-refractivity contribution in [2.24, 2.45) is 0 Å². The van der Waals surface area contributed by atoms with Crippen molar-refractivity contribution >= 4 is 35.5 Å². The largest absolute Gasteiger partial charge is 0.480 e. The number of carboxylic acids is 1. The van der Waals surface area contributed by atoms with Gasteiger partial charge in [0.1, 0.15) is 6.04 Å². The van der Waals surface area contributed by atoms with Crippen LogP contribution in [0.4, 0.5) is 4.79 Å². The van der Waals surface area contributed by atoms with Crippen LogP contribution in [0.1, 0.15) is 33.1 Å². The van der Waals surface area contributed by atoms with Gasteiger partial charge in [-0.1, -0.05) is 20.3 Å². The van der Waals surface area contributed by atoms with Gasteiger partial charge >= 0.3 is 12.0 Å². The van der Waals surface area contributed by atoms with Gasteiger partial charge in [0.05, 0.1) is 5.37 Å². The number of carboxylic acid groups (broad SMARTS) is 1. The van der Waals surface area contributed by atoms with Gasteiger partial charge in [-0.3, -0.25) is 4.90 Å². The van der Waals surface area contributed by atoms with Gasteiger partial charge in [0.15, 0.2) is 0 Å². The minimum atomic E-state index is -0.913. The van der Waals surface area contributed by atoms with Crippen LogP contribution >= 0.6 is 23.5 Å². The molecule has 2 N–H and O–H groups in total. The van der Waals surface area contributed by atoms with E-state index in [0.29, 0.717) is 17.5 Å². The molecule has 0 spiro atoms. The van der Waals surface area contributed by atoms with Gasteiger partial charge in [-0.15, -0.1) is 11.8 Å². The normalized spacial score (nSPS) is 23.6. The first kappa shape index (κ1) is 17.5. The van der Waals surface area contributed by atoms with Crippen LogP contribution in [0.15, 0.2) is 0 Å². The van der Waals surface area contributed by atoms with Crippen molar-refractivity contribution in [3.63, 3.8) is 0 Å². The fraction of sp³-hybridized carbons (Fsp3) is 0.846. The summed E-state index contributed by atoms with van der Waals surface area (Å²) in [4.78, 5) is 25.0. The molecule has 1 aliphatic rings. The number of urea groups is 1. The van der Waals surface area contributed by atoms with E-state index in [1.807, 2.05) is 13.2 Å². The van der Waals surface area contributed by atoms with Crippen LogP contribution in [-0.2, 0) is 4.79 Å². The molecule has 5 nitrogen and oxygen atoms in total. The van der Waals surface area contributed by atoms with Crippen LogP contribution in [0.3, 0.4) is 0 Å². The molecule has 20 heavy (non-hydrogen) atoms. The molecule has 0 aromatic heterocycles. The van der Waals surface area contributed by atoms with Crippen molar-refractivity contribution in [2.75, 3.05) is 18.6 Å². The summed E-state index contributed by atoms with van der Waals surface area (Å²) in [7, 11) is 0.